The van der Waals surface area contributed by atoms with Crippen molar-refractivity contribution in [1.29, 1.82) is 0 Å². The number of amides is 1. The van der Waals surface area contributed by atoms with Crippen molar-refractivity contribution < 1.29 is 14.7 Å². The summed E-state index contributed by atoms with van der Waals surface area (Å²) in [5, 5.41) is 11.5. The van der Waals surface area contributed by atoms with E-state index in [4.69, 9.17) is 5.11 Å². The molecule has 16 heavy (non-hydrogen) atoms. The van der Waals surface area contributed by atoms with Crippen molar-refractivity contribution in [3.05, 3.63) is 23.0 Å². The summed E-state index contributed by atoms with van der Waals surface area (Å²) in [6.45, 7) is 3.67. The van der Waals surface area contributed by atoms with Crippen LogP contribution in [-0.4, -0.2) is 27.5 Å². The third-order valence-electron chi connectivity index (χ3n) is 2.89. The van der Waals surface area contributed by atoms with Crippen LogP contribution in [-0.2, 0) is 4.79 Å². The molecular weight excluding hydrogens is 208 g/mol. The molecule has 0 radical (unpaired) electrons. The van der Waals surface area contributed by atoms with Gasteiger partial charge in [-0.1, -0.05) is 0 Å². The van der Waals surface area contributed by atoms with Crippen LogP contribution in [0, 0.1) is 13.8 Å². The van der Waals surface area contributed by atoms with Crippen molar-refractivity contribution in [2.45, 2.75) is 32.2 Å². The minimum Gasteiger partial charge on any atom is -0.480 e. The van der Waals surface area contributed by atoms with Gasteiger partial charge in [-0.3, -0.25) is 4.79 Å². The maximum Gasteiger partial charge on any atom is 0.329 e. The van der Waals surface area contributed by atoms with Gasteiger partial charge >= 0.3 is 5.97 Å². The van der Waals surface area contributed by atoms with Gasteiger partial charge in [0.05, 0.1) is 0 Å². The van der Waals surface area contributed by atoms with E-state index < -0.39 is 11.5 Å². The second-order valence-corrected chi connectivity index (χ2v) is 4.35. The quantitative estimate of drug-likeness (QED) is 0.713. The normalized spacial score (nSPS) is 16.9. The van der Waals surface area contributed by atoms with Crippen LogP contribution < -0.4 is 5.32 Å². The summed E-state index contributed by atoms with van der Waals surface area (Å²) >= 11 is 0. The molecule has 86 valence electrons. The Kier molecular flexibility index (Phi) is 2.26. The van der Waals surface area contributed by atoms with Gasteiger partial charge in [0.15, 0.2) is 0 Å². The van der Waals surface area contributed by atoms with Crippen LogP contribution in [0.3, 0.4) is 0 Å². The van der Waals surface area contributed by atoms with E-state index in [1.165, 1.54) is 0 Å². The van der Waals surface area contributed by atoms with Crippen LogP contribution >= 0.6 is 0 Å². The molecule has 1 heterocycles. The monoisotopic (exact) mass is 222 g/mol. The molecular formula is C11H14N2O3. The van der Waals surface area contributed by atoms with Gasteiger partial charge in [-0.25, -0.2) is 4.79 Å². The Hall–Kier alpha value is -1.78. The largest absolute Gasteiger partial charge is 0.480 e. The zero-order valence-corrected chi connectivity index (χ0v) is 9.26. The van der Waals surface area contributed by atoms with Gasteiger partial charge in [0.25, 0.3) is 5.91 Å². The maximum atomic E-state index is 11.8. The minimum absolute atomic E-state index is 0.342. The highest BCUT2D eigenvalue weighted by atomic mass is 16.4. The summed E-state index contributed by atoms with van der Waals surface area (Å²) in [6.07, 6.45) is 1.01. The lowest BCUT2D eigenvalue weighted by atomic mass is 10.2. The number of aromatic nitrogens is 1. The van der Waals surface area contributed by atoms with Crippen LogP contribution in [0.1, 0.15) is 34.6 Å². The zero-order chi connectivity index (χ0) is 11.9. The highest BCUT2D eigenvalue weighted by molar-refractivity contribution is 5.98. The van der Waals surface area contributed by atoms with Gasteiger partial charge in [0.2, 0.25) is 0 Å². The second-order valence-electron chi connectivity index (χ2n) is 4.35. The summed E-state index contributed by atoms with van der Waals surface area (Å²) < 4.78 is 0. The first-order valence-corrected chi connectivity index (χ1v) is 5.17. The van der Waals surface area contributed by atoms with Gasteiger partial charge in [-0.05, 0) is 38.3 Å². The molecule has 0 bridgehead atoms. The van der Waals surface area contributed by atoms with Crippen LogP contribution in [0.15, 0.2) is 6.07 Å². The van der Waals surface area contributed by atoms with Crippen LogP contribution in [0.5, 0.6) is 0 Å². The molecule has 1 aromatic rings. The third-order valence-corrected chi connectivity index (χ3v) is 2.89. The molecule has 0 saturated heterocycles. The highest BCUT2D eigenvalue weighted by Crippen LogP contribution is 2.35. The molecule has 0 aromatic carbocycles. The Morgan fingerprint density at radius 3 is 2.44 bits per heavy atom. The first kappa shape index (κ1) is 10.7. The number of aryl methyl sites for hydroxylation is 2. The lowest BCUT2D eigenvalue weighted by Gasteiger charge is -2.11. The zero-order valence-electron chi connectivity index (χ0n) is 9.26. The molecule has 2 rings (SSSR count). The van der Waals surface area contributed by atoms with Gasteiger partial charge in [-0.15, -0.1) is 0 Å². The number of aromatic amines is 1. The Morgan fingerprint density at radius 2 is 2.06 bits per heavy atom. The molecule has 1 aliphatic rings. The lowest BCUT2D eigenvalue weighted by molar-refractivity contribution is -0.140. The number of hydrogen-bond acceptors (Lipinski definition) is 2. The average Bonchev–Trinajstić information content (AvgIpc) is 2.87. The molecule has 0 atom stereocenters. The molecule has 1 aromatic heterocycles. The van der Waals surface area contributed by atoms with Crippen molar-refractivity contribution in [2.24, 2.45) is 0 Å². The van der Waals surface area contributed by atoms with Crippen molar-refractivity contribution in [3.8, 4) is 0 Å². The van der Waals surface area contributed by atoms with E-state index in [9.17, 15) is 9.59 Å². The predicted octanol–water partition coefficient (Wildman–Crippen LogP) is 0.979. The Morgan fingerprint density at radius 1 is 1.44 bits per heavy atom. The molecule has 1 aliphatic carbocycles. The van der Waals surface area contributed by atoms with Gasteiger partial charge in [-0.2, -0.15) is 0 Å². The van der Waals surface area contributed by atoms with Crippen LogP contribution in [0.25, 0.3) is 0 Å². The predicted molar refractivity (Wildman–Crippen MR) is 57.3 cm³/mol. The number of carboxylic acids is 1. The molecule has 5 heteroatoms. The van der Waals surface area contributed by atoms with Crippen molar-refractivity contribution in [2.75, 3.05) is 0 Å². The number of aliphatic carboxylic acids is 1. The molecule has 0 spiro atoms. The SMILES string of the molecule is Cc1cc(C)c(C(=O)NC2(C(=O)O)CC2)[nH]1. The summed E-state index contributed by atoms with van der Waals surface area (Å²) in [6, 6.07) is 1.86. The molecule has 1 amide bonds. The highest BCUT2D eigenvalue weighted by Gasteiger charge is 2.51. The van der Waals surface area contributed by atoms with E-state index >= 15 is 0 Å². The number of rotatable bonds is 3. The molecule has 3 N–H and O–H groups in total. The first-order valence-electron chi connectivity index (χ1n) is 5.17. The Bertz CT molecular complexity index is 458. The topological polar surface area (TPSA) is 82.2 Å². The smallest absolute Gasteiger partial charge is 0.329 e. The van der Waals surface area contributed by atoms with Crippen molar-refractivity contribution >= 4 is 11.9 Å². The summed E-state index contributed by atoms with van der Waals surface area (Å²) in [5.41, 5.74) is 1.15. The Balaban J connectivity index is 2.15. The van der Waals surface area contributed by atoms with Gasteiger partial charge in [0.1, 0.15) is 11.2 Å². The van der Waals surface area contributed by atoms with E-state index in [1.807, 2.05) is 19.9 Å². The molecule has 1 fully saturated rings. The van der Waals surface area contributed by atoms with Crippen LogP contribution in [0.4, 0.5) is 0 Å². The molecule has 5 nitrogen and oxygen atoms in total. The fourth-order valence-corrected chi connectivity index (χ4v) is 1.76. The first-order chi connectivity index (χ1) is 7.44. The number of carboxylic acid groups (broad SMARTS) is 1. The average molecular weight is 222 g/mol. The van der Waals surface area contributed by atoms with Crippen LogP contribution in [0.2, 0.25) is 0 Å². The summed E-state index contributed by atoms with van der Waals surface area (Å²) in [7, 11) is 0. The molecule has 0 aliphatic heterocycles. The summed E-state index contributed by atoms with van der Waals surface area (Å²) in [4.78, 5) is 25.7. The minimum atomic E-state index is -1.03. The number of carbonyl (C=O) groups excluding carboxylic acids is 1. The van der Waals surface area contributed by atoms with E-state index in [-0.39, 0.29) is 5.91 Å². The van der Waals surface area contributed by atoms with Crippen molar-refractivity contribution in [1.82, 2.24) is 10.3 Å². The Labute approximate surface area is 92.9 Å². The standard InChI is InChI=1S/C11H14N2O3/c1-6-5-7(2)12-8(6)9(14)13-11(3-4-11)10(15)16/h5,12H,3-4H2,1-2H3,(H,13,14)(H,15,16). The van der Waals surface area contributed by atoms with Gasteiger partial charge < -0.3 is 15.4 Å². The number of H-pyrrole nitrogens is 1. The fraction of sp³-hybridized carbons (Fsp3) is 0.455. The van der Waals surface area contributed by atoms with E-state index in [2.05, 4.69) is 10.3 Å². The second kappa shape index (κ2) is 3.37. The van der Waals surface area contributed by atoms with E-state index in [0.717, 1.165) is 11.3 Å². The summed E-state index contributed by atoms with van der Waals surface area (Å²) in [5.74, 6) is -1.30. The van der Waals surface area contributed by atoms with Crippen molar-refractivity contribution in [3.63, 3.8) is 0 Å². The maximum absolute atomic E-state index is 11.8. The lowest BCUT2D eigenvalue weighted by Crippen LogP contribution is -2.43. The van der Waals surface area contributed by atoms with E-state index in [1.54, 1.807) is 0 Å². The third kappa shape index (κ3) is 1.68. The number of hydrogen-bond donors (Lipinski definition) is 3. The number of nitrogens with one attached hydrogen (secondary N) is 2. The number of carbonyl (C=O) groups is 2. The van der Waals surface area contributed by atoms with Gasteiger partial charge in [0, 0.05) is 5.69 Å². The van der Waals surface area contributed by atoms with E-state index in [0.29, 0.717) is 18.5 Å². The molecule has 1 saturated carbocycles. The fourth-order valence-electron chi connectivity index (χ4n) is 1.76. The molecule has 0 unspecified atom stereocenters.